The molecule has 1 saturated carbocycles. The maximum absolute atomic E-state index is 11.1. The molecular formula is C13H23NO2. The molecule has 2 aliphatic rings. The van der Waals surface area contributed by atoms with Crippen LogP contribution in [0.3, 0.4) is 0 Å². The van der Waals surface area contributed by atoms with Gasteiger partial charge < -0.3 is 5.11 Å². The number of carboxylic acid groups (broad SMARTS) is 1. The zero-order valence-electron chi connectivity index (χ0n) is 10.4. The maximum Gasteiger partial charge on any atom is 0.308 e. The molecule has 16 heavy (non-hydrogen) atoms. The lowest BCUT2D eigenvalue weighted by molar-refractivity contribution is -0.146. The van der Waals surface area contributed by atoms with E-state index < -0.39 is 5.97 Å². The lowest BCUT2D eigenvalue weighted by Gasteiger charge is -2.53. The fourth-order valence-electron chi connectivity index (χ4n) is 3.41. The van der Waals surface area contributed by atoms with Gasteiger partial charge in [0, 0.05) is 19.1 Å². The van der Waals surface area contributed by atoms with Crippen LogP contribution in [0.2, 0.25) is 0 Å². The number of nitrogens with zero attached hydrogens (tertiary/aromatic N) is 1. The van der Waals surface area contributed by atoms with Crippen LogP contribution in [0.4, 0.5) is 0 Å². The average Bonchev–Trinajstić information content (AvgIpc) is 2.66. The van der Waals surface area contributed by atoms with Gasteiger partial charge in [-0.15, -0.1) is 0 Å². The summed E-state index contributed by atoms with van der Waals surface area (Å²) in [5.74, 6) is -0.695. The molecule has 1 saturated heterocycles. The summed E-state index contributed by atoms with van der Waals surface area (Å²) in [6.45, 7) is 6.75. The first-order valence-corrected chi connectivity index (χ1v) is 6.59. The number of aliphatic carboxylic acids is 1. The minimum Gasteiger partial charge on any atom is -0.481 e. The number of carboxylic acids is 1. The second kappa shape index (κ2) is 4.36. The Labute approximate surface area is 97.8 Å². The zero-order valence-corrected chi connectivity index (χ0v) is 10.4. The third kappa shape index (κ3) is 1.86. The molecule has 1 N–H and O–H groups in total. The first-order valence-electron chi connectivity index (χ1n) is 6.59. The third-order valence-electron chi connectivity index (χ3n) is 4.84. The zero-order chi connectivity index (χ0) is 11.8. The van der Waals surface area contributed by atoms with Crippen LogP contribution in [0.15, 0.2) is 0 Å². The molecule has 0 amide bonds. The van der Waals surface area contributed by atoms with E-state index >= 15 is 0 Å². The van der Waals surface area contributed by atoms with Crippen LogP contribution in [-0.2, 0) is 4.79 Å². The minimum atomic E-state index is -0.590. The highest BCUT2D eigenvalue weighted by Crippen LogP contribution is 2.42. The summed E-state index contributed by atoms with van der Waals surface area (Å²) in [4.78, 5) is 13.5. The number of rotatable bonds is 4. The Balaban J connectivity index is 1.94. The molecule has 0 aromatic rings. The number of hydrogen-bond donors (Lipinski definition) is 1. The van der Waals surface area contributed by atoms with Gasteiger partial charge in [-0.3, -0.25) is 9.69 Å². The van der Waals surface area contributed by atoms with Gasteiger partial charge in [-0.2, -0.15) is 0 Å². The predicted molar refractivity (Wildman–Crippen MR) is 63.4 cm³/mol. The number of hydrogen-bond acceptors (Lipinski definition) is 2. The van der Waals surface area contributed by atoms with Gasteiger partial charge in [-0.1, -0.05) is 20.3 Å². The fraction of sp³-hybridized carbons (Fsp3) is 0.923. The fourth-order valence-corrected chi connectivity index (χ4v) is 3.41. The number of carbonyl (C=O) groups is 1. The summed E-state index contributed by atoms with van der Waals surface area (Å²) in [7, 11) is 0. The second-order valence-corrected chi connectivity index (χ2v) is 5.56. The molecule has 3 nitrogen and oxygen atoms in total. The van der Waals surface area contributed by atoms with Crippen LogP contribution in [0.25, 0.3) is 0 Å². The summed E-state index contributed by atoms with van der Waals surface area (Å²) in [6.07, 6.45) is 5.50. The molecule has 0 spiro atoms. The van der Waals surface area contributed by atoms with E-state index in [1.807, 2.05) is 0 Å². The number of likely N-dealkylation sites (tertiary alicyclic amines) is 1. The van der Waals surface area contributed by atoms with Crippen molar-refractivity contribution in [1.29, 1.82) is 0 Å². The van der Waals surface area contributed by atoms with E-state index in [4.69, 9.17) is 5.11 Å². The van der Waals surface area contributed by atoms with Gasteiger partial charge in [-0.05, 0) is 31.1 Å². The molecule has 92 valence electrons. The highest BCUT2D eigenvalue weighted by Gasteiger charge is 2.47. The molecule has 1 aliphatic heterocycles. The molecule has 1 heterocycles. The summed E-state index contributed by atoms with van der Waals surface area (Å²) < 4.78 is 0. The van der Waals surface area contributed by atoms with E-state index in [1.54, 1.807) is 0 Å². The first-order chi connectivity index (χ1) is 7.62. The molecule has 2 atom stereocenters. The van der Waals surface area contributed by atoms with Gasteiger partial charge in [0.1, 0.15) is 0 Å². The molecule has 0 aromatic carbocycles. The quantitative estimate of drug-likeness (QED) is 0.798. The van der Waals surface area contributed by atoms with Crippen molar-refractivity contribution < 1.29 is 9.90 Å². The summed E-state index contributed by atoms with van der Waals surface area (Å²) in [5, 5.41) is 9.17. The van der Waals surface area contributed by atoms with Crippen LogP contribution in [0.5, 0.6) is 0 Å². The second-order valence-electron chi connectivity index (χ2n) is 5.56. The normalized spacial score (nSPS) is 33.6. The van der Waals surface area contributed by atoms with Crippen molar-refractivity contribution in [3.63, 3.8) is 0 Å². The molecule has 0 bridgehead atoms. The topological polar surface area (TPSA) is 40.5 Å². The van der Waals surface area contributed by atoms with Gasteiger partial charge in [-0.25, -0.2) is 0 Å². The van der Waals surface area contributed by atoms with Crippen molar-refractivity contribution in [1.82, 2.24) is 4.90 Å². The van der Waals surface area contributed by atoms with Gasteiger partial charge in [0.25, 0.3) is 0 Å². The van der Waals surface area contributed by atoms with Crippen molar-refractivity contribution in [3.05, 3.63) is 0 Å². The predicted octanol–water partition coefficient (Wildman–Crippen LogP) is 2.36. The van der Waals surface area contributed by atoms with Gasteiger partial charge in [0.15, 0.2) is 0 Å². The Morgan fingerprint density at radius 1 is 1.31 bits per heavy atom. The van der Waals surface area contributed by atoms with E-state index in [2.05, 4.69) is 18.7 Å². The highest BCUT2D eigenvalue weighted by molar-refractivity contribution is 5.71. The van der Waals surface area contributed by atoms with Crippen LogP contribution in [0.1, 0.15) is 46.0 Å². The highest BCUT2D eigenvalue weighted by atomic mass is 16.4. The third-order valence-corrected chi connectivity index (χ3v) is 4.84. The van der Waals surface area contributed by atoms with Crippen molar-refractivity contribution >= 4 is 5.97 Å². The van der Waals surface area contributed by atoms with Gasteiger partial charge >= 0.3 is 5.97 Å². The monoisotopic (exact) mass is 225 g/mol. The first kappa shape index (κ1) is 11.9. The molecular weight excluding hydrogens is 202 g/mol. The van der Waals surface area contributed by atoms with Crippen LogP contribution in [-0.4, -0.2) is 35.1 Å². The smallest absolute Gasteiger partial charge is 0.308 e. The lowest BCUT2D eigenvalue weighted by atomic mass is 9.73. The van der Waals surface area contributed by atoms with E-state index in [0.29, 0.717) is 11.5 Å². The van der Waals surface area contributed by atoms with Crippen molar-refractivity contribution in [2.45, 2.75) is 52.0 Å². The molecule has 1 aliphatic carbocycles. The van der Waals surface area contributed by atoms with E-state index in [0.717, 1.165) is 32.4 Å². The Morgan fingerprint density at radius 2 is 1.94 bits per heavy atom. The van der Waals surface area contributed by atoms with E-state index in [1.165, 1.54) is 12.8 Å². The standard InChI is InChI=1S/C13H23NO2/c1-3-13(4-2)8-14(9-13)11-7-5-6-10(11)12(15)16/h10-11H,3-9H2,1-2H3,(H,15,16). The molecule has 2 unspecified atom stereocenters. The summed E-state index contributed by atoms with van der Waals surface area (Å²) >= 11 is 0. The Bertz CT molecular complexity index is 265. The Kier molecular flexibility index (Phi) is 3.24. The van der Waals surface area contributed by atoms with Crippen molar-refractivity contribution in [2.24, 2.45) is 11.3 Å². The van der Waals surface area contributed by atoms with Crippen LogP contribution < -0.4 is 0 Å². The summed E-state index contributed by atoms with van der Waals surface area (Å²) in [6, 6.07) is 0.323. The van der Waals surface area contributed by atoms with Crippen molar-refractivity contribution in [2.75, 3.05) is 13.1 Å². The summed E-state index contributed by atoms with van der Waals surface area (Å²) in [5.41, 5.74) is 0.492. The van der Waals surface area contributed by atoms with E-state index in [9.17, 15) is 4.79 Å². The average molecular weight is 225 g/mol. The minimum absolute atomic E-state index is 0.105. The van der Waals surface area contributed by atoms with Gasteiger partial charge in [0.2, 0.25) is 0 Å². The molecule has 3 heteroatoms. The van der Waals surface area contributed by atoms with Gasteiger partial charge in [0.05, 0.1) is 5.92 Å². The molecule has 0 aromatic heterocycles. The Hall–Kier alpha value is -0.570. The van der Waals surface area contributed by atoms with Crippen LogP contribution >= 0.6 is 0 Å². The Morgan fingerprint density at radius 3 is 2.44 bits per heavy atom. The molecule has 0 radical (unpaired) electrons. The largest absolute Gasteiger partial charge is 0.481 e. The molecule has 2 rings (SSSR count). The van der Waals surface area contributed by atoms with Crippen molar-refractivity contribution in [3.8, 4) is 0 Å². The SMILES string of the molecule is CCC1(CC)CN(C2CCCC2C(=O)O)C1. The lowest BCUT2D eigenvalue weighted by Crippen LogP contribution is -2.60. The maximum atomic E-state index is 11.1. The molecule has 2 fully saturated rings. The van der Waals surface area contributed by atoms with E-state index in [-0.39, 0.29) is 5.92 Å². The van der Waals surface area contributed by atoms with Crippen LogP contribution in [0, 0.1) is 11.3 Å².